The number of carbonyl (C=O) groups is 2. The van der Waals surface area contributed by atoms with Crippen molar-refractivity contribution in [1.29, 1.82) is 0 Å². The molecule has 25 heavy (non-hydrogen) atoms. The lowest BCUT2D eigenvalue weighted by Gasteiger charge is -2.26. The standard InChI is InChI=1S/C20H21FN2O2/c21-17-5-3-4-15(14-17)11-12-22-20(25)16-7-9-18(10-8-16)23-13-2-1-6-19(23)24/h3-5,7-10,14H,1-2,6,11-13H2,(H,22,25). The molecule has 1 fully saturated rings. The van der Waals surface area contributed by atoms with E-state index in [0.717, 1.165) is 30.6 Å². The average molecular weight is 340 g/mol. The van der Waals surface area contributed by atoms with Crippen molar-refractivity contribution < 1.29 is 14.0 Å². The van der Waals surface area contributed by atoms with Gasteiger partial charge in [-0.25, -0.2) is 4.39 Å². The predicted molar refractivity (Wildman–Crippen MR) is 95.1 cm³/mol. The number of hydrogen-bond donors (Lipinski definition) is 1. The van der Waals surface area contributed by atoms with Crippen LogP contribution in [0.1, 0.15) is 35.2 Å². The maximum Gasteiger partial charge on any atom is 0.251 e. The van der Waals surface area contributed by atoms with Crippen LogP contribution in [0.2, 0.25) is 0 Å². The number of benzene rings is 2. The molecule has 0 aromatic heterocycles. The summed E-state index contributed by atoms with van der Waals surface area (Å²) in [6.45, 7) is 1.17. The summed E-state index contributed by atoms with van der Waals surface area (Å²) in [6, 6.07) is 13.4. The van der Waals surface area contributed by atoms with E-state index in [4.69, 9.17) is 0 Å². The van der Waals surface area contributed by atoms with Gasteiger partial charge in [-0.2, -0.15) is 0 Å². The van der Waals surface area contributed by atoms with Gasteiger partial charge in [0.25, 0.3) is 5.91 Å². The Morgan fingerprint density at radius 3 is 2.64 bits per heavy atom. The number of carbonyl (C=O) groups excluding carboxylic acids is 2. The molecular weight excluding hydrogens is 319 g/mol. The predicted octanol–water partition coefficient (Wildman–Crippen LogP) is 3.32. The first-order chi connectivity index (χ1) is 12.1. The number of anilines is 1. The zero-order valence-corrected chi connectivity index (χ0v) is 14.0. The molecule has 2 aromatic carbocycles. The molecule has 0 saturated carbocycles. The number of rotatable bonds is 5. The number of nitrogens with zero attached hydrogens (tertiary/aromatic N) is 1. The van der Waals surface area contributed by atoms with Gasteiger partial charge in [-0.1, -0.05) is 12.1 Å². The van der Waals surface area contributed by atoms with Crippen LogP contribution in [0.15, 0.2) is 48.5 Å². The molecule has 0 bridgehead atoms. The minimum Gasteiger partial charge on any atom is -0.352 e. The lowest BCUT2D eigenvalue weighted by molar-refractivity contribution is -0.119. The first-order valence-electron chi connectivity index (χ1n) is 8.56. The maximum absolute atomic E-state index is 13.1. The molecule has 0 atom stereocenters. The Morgan fingerprint density at radius 1 is 1.12 bits per heavy atom. The topological polar surface area (TPSA) is 49.4 Å². The normalized spacial score (nSPS) is 14.4. The number of halogens is 1. The summed E-state index contributed by atoms with van der Waals surface area (Å²) in [5, 5.41) is 2.83. The Bertz CT molecular complexity index is 759. The molecule has 4 nitrogen and oxygen atoms in total. The van der Waals surface area contributed by atoms with Crippen LogP contribution in [0.3, 0.4) is 0 Å². The van der Waals surface area contributed by atoms with Crippen molar-refractivity contribution in [3.8, 4) is 0 Å². The lowest BCUT2D eigenvalue weighted by Crippen LogP contribution is -2.35. The Hall–Kier alpha value is -2.69. The smallest absolute Gasteiger partial charge is 0.251 e. The van der Waals surface area contributed by atoms with Gasteiger partial charge in [0.15, 0.2) is 0 Å². The van der Waals surface area contributed by atoms with Gasteiger partial charge in [-0.15, -0.1) is 0 Å². The van der Waals surface area contributed by atoms with Gasteiger partial charge in [-0.3, -0.25) is 9.59 Å². The monoisotopic (exact) mass is 340 g/mol. The molecule has 1 saturated heterocycles. The van der Waals surface area contributed by atoms with Gasteiger partial charge in [0.1, 0.15) is 5.82 Å². The zero-order chi connectivity index (χ0) is 17.6. The second kappa shape index (κ2) is 7.92. The molecule has 0 radical (unpaired) electrons. The Balaban J connectivity index is 1.54. The van der Waals surface area contributed by atoms with Crippen LogP contribution in [-0.2, 0) is 11.2 Å². The molecule has 3 rings (SSSR count). The van der Waals surface area contributed by atoms with E-state index in [-0.39, 0.29) is 17.6 Å². The second-order valence-corrected chi connectivity index (χ2v) is 6.19. The SMILES string of the molecule is O=C(NCCc1cccc(F)c1)c1ccc(N2CCCCC2=O)cc1. The molecule has 0 aliphatic carbocycles. The Labute approximate surface area is 146 Å². The molecular formula is C20H21FN2O2. The Morgan fingerprint density at radius 2 is 1.92 bits per heavy atom. The van der Waals surface area contributed by atoms with Gasteiger partial charge in [-0.05, 0) is 61.2 Å². The minimum atomic E-state index is -0.272. The Kier molecular flexibility index (Phi) is 5.43. The highest BCUT2D eigenvalue weighted by molar-refractivity contribution is 5.96. The van der Waals surface area contributed by atoms with E-state index in [9.17, 15) is 14.0 Å². The van der Waals surface area contributed by atoms with E-state index in [1.54, 1.807) is 23.1 Å². The van der Waals surface area contributed by atoms with Crippen molar-refractivity contribution in [3.63, 3.8) is 0 Å². The fraction of sp³-hybridized carbons (Fsp3) is 0.300. The molecule has 5 heteroatoms. The summed E-state index contributed by atoms with van der Waals surface area (Å²) in [5.74, 6) is -0.307. The van der Waals surface area contributed by atoms with E-state index < -0.39 is 0 Å². The fourth-order valence-electron chi connectivity index (χ4n) is 2.99. The second-order valence-electron chi connectivity index (χ2n) is 6.19. The highest BCUT2D eigenvalue weighted by Gasteiger charge is 2.19. The van der Waals surface area contributed by atoms with Gasteiger partial charge < -0.3 is 10.2 Å². The van der Waals surface area contributed by atoms with Crippen molar-refractivity contribution in [2.24, 2.45) is 0 Å². The zero-order valence-electron chi connectivity index (χ0n) is 14.0. The third-order valence-electron chi connectivity index (χ3n) is 4.35. The minimum absolute atomic E-state index is 0.138. The summed E-state index contributed by atoms with van der Waals surface area (Å²) < 4.78 is 13.1. The van der Waals surface area contributed by atoms with Gasteiger partial charge in [0.2, 0.25) is 5.91 Å². The van der Waals surface area contributed by atoms with Crippen LogP contribution in [0.5, 0.6) is 0 Å². The van der Waals surface area contributed by atoms with Gasteiger partial charge in [0.05, 0.1) is 0 Å². The van der Waals surface area contributed by atoms with Crippen LogP contribution in [0.4, 0.5) is 10.1 Å². The summed E-state index contributed by atoms with van der Waals surface area (Å²) in [5.41, 5.74) is 2.23. The third-order valence-corrected chi connectivity index (χ3v) is 4.35. The summed E-state index contributed by atoms with van der Waals surface area (Å²) >= 11 is 0. The number of hydrogen-bond acceptors (Lipinski definition) is 2. The van der Waals surface area contributed by atoms with Crippen molar-refractivity contribution in [1.82, 2.24) is 5.32 Å². The molecule has 2 amide bonds. The van der Waals surface area contributed by atoms with E-state index >= 15 is 0 Å². The molecule has 0 spiro atoms. The lowest BCUT2D eigenvalue weighted by atomic mass is 10.1. The molecule has 1 heterocycles. The number of amides is 2. The quantitative estimate of drug-likeness (QED) is 0.908. The van der Waals surface area contributed by atoms with E-state index in [2.05, 4.69) is 5.32 Å². The van der Waals surface area contributed by atoms with Gasteiger partial charge >= 0.3 is 0 Å². The number of piperidine rings is 1. The van der Waals surface area contributed by atoms with Crippen molar-refractivity contribution in [3.05, 3.63) is 65.5 Å². The highest BCUT2D eigenvalue weighted by Crippen LogP contribution is 2.21. The molecule has 2 aromatic rings. The fourth-order valence-corrected chi connectivity index (χ4v) is 2.99. The van der Waals surface area contributed by atoms with E-state index in [1.165, 1.54) is 12.1 Å². The van der Waals surface area contributed by atoms with Crippen LogP contribution >= 0.6 is 0 Å². The van der Waals surface area contributed by atoms with Crippen LogP contribution in [0, 0.1) is 5.82 Å². The summed E-state index contributed by atoms with van der Waals surface area (Å²) in [7, 11) is 0. The summed E-state index contributed by atoms with van der Waals surface area (Å²) in [4.78, 5) is 25.9. The first-order valence-corrected chi connectivity index (χ1v) is 8.56. The molecule has 1 aliphatic heterocycles. The van der Waals surface area contributed by atoms with Crippen molar-refractivity contribution >= 4 is 17.5 Å². The molecule has 0 unspecified atom stereocenters. The maximum atomic E-state index is 13.1. The molecule has 130 valence electrons. The van der Waals surface area contributed by atoms with Crippen molar-refractivity contribution in [2.75, 3.05) is 18.0 Å². The average Bonchev–Trinajstić information content (AvgIpc) is 2.62. The molecule has 1 aliphatic rings. The number of nitrogens with one attached hydrogen (secondary N) is 1. The first kappa shape index (κ1) is 17.1. The van der Waals surface area contributed by atoms with E-state index in [1.807, 2.05) is 18.2 Å². The van der Waals surface area contributed by atoms with E-state index in [0.29, 0.717) is 24.9 Å². The largest absolute Gasteiger partial charge is 0.352 e. The summed E-state index contributed by atoms with van der Waals surface area (Å²) in [6.07, 6.45) is 3.11. The molecule has 1 N–H and O–H groups in total. The highest BCUT2D eigenvalue weighted by atomic mass is 19.1. The van der Waals surface area contributed by atoms with Crippen molar-refractivity contribution in [2.45, 2.75) is 25.7 Å². The van der Waals surface area contributed by atoms with Crippen LogP contribution in [-0.4, -0.2) is 24.9 Å². The van der Waals surface area contributed by atoms with Gasteiger partial charge in [0, 0.05) is 30.8 Å². The van der Waals surface area contributed by atoms with Crippen LogP contribution < -0.4 is 10.2 Å². The third kappa shape index (κ3) is 4.44. The van der Waals surface area contributed by atoms with Crippen LogP contribution in [0.25, 0.3) is 0 Å².